The van der Waals surface area contributed by atoms with Crippen molar-refractivity contribution in [1.29, 1.82) is 0 Å². The van der Waals surface area contributed by atoms with E-state index < -0.39 is 17.6 Å². The average molecular weight is 292 g/mol. The van der Waals surface area contributed by atoms with Crippen LogP contribution in [0.1, 0.15) is 13.3 Å². The van der Waals surface area contributed by atoms with Gasteiger partial charge in [-0.2, -0.15) is 0 Å². The number of hydrogen-bond donors (Lipinski definition) is 1. The van der Waals surface area contributed by atoms with Crippen LogP contribution >= 0.6 is 0 Å². The van der Waals surface area contributed by atoms with Gasteiger partial charge in [0.05, 0.1) is 0 Å². The predicted molar refractivity (Wildman–Crippen MR) is 74.0 cm³/mol. The number of carboxylic acids is 1. The van der Waals surface area contributed by atoms with E-state index in [1.165, 1.54) is 9.30 Å². The number of carboxylic acid groups (broad SMARTS) is 1. The number of aliphatic carboxylic acids is 1. The number of nitrogens with zero attached hydrogens (tertiary/aromatic N) is 4. The summed E-state index contributed by atoms with van der Waals surface area (Å²) in [7, 11) is 0. The van der Waals surface area contributed by atoms with E-state index >= 15 is 0 Å². The van der Waals surface area contributed by atoms with Crippen molar-refractivity contribution < 1.29 is 14.7 Å². The lowest BCUT2D eigenvalue weighted by Crippen LogP contribution is -2.40. The molecule has 2 heterocycles. The Bertz CT molecular complexity index is 718. The number of carbonyl (C=O) groups excluding carboxylic acids is 1. The largest absolute Gasteiger partial charge is 0.480 e. The van der Waals surface area contributed by atoms with Gasteiger partial charge in [0.25, 0.3) is 0 Å². The number of rotatable bonds is 6. The molecular weight excluding hydrogens is 276 g/mol. The van der Waals surface area contributed by atoms with Crippen molar-refractivity contribution in [3.8, 4) is 0 Å². The van der Waals surface area contributed by atoms with Gasteiger partial charge in [0.2, 0.25) is 5.91 Å². The van der Waals surface area contributed by atoms with Crippen LogP contribution in [0.25, 0.3) is 5.65 Å². The molecule has 8 nitrogen and oxygen atoms in total. The van der Waals surface area contributed by atoms with E-state index in [4.69, 9.17) is 5.11 Å². The summed E-state index contributed by atoms with van der Waals surface area (Å²) < 4.78 is 2.37. The van der Waals surface area contributed by atoms with Gasteiger partial charge in [0.1, 0.15) is 13.1 Å². The second-order valence-corrected chi connectivity index (χ2v) is 4.58. The highest BCUT2D eigenvalue weighted by Gasteiger charge is 2.18. The van der Waals surface area contributed by atoms with Gasteiger partial charge < -0.3 is 10.0 Å². The van der Waals surface area contributed by atoms with Gasteiger partial charge in [-0.1, -0.05) is 13.0 Å². The quantitative estimate of drug-likeness (QED) is 0.796. The van der Waals surface area contributed by atoms with Gasteiger partial charge in [-0.05, 0) is 18.6 Å². The van der Waals surface area contributed by atoms with Crippen molar-refractivity contribution in [3.05, 3.63) is 34.9 Å². The second kappa shape index (κ2) is 6.21. The lowest BCUT2D eigenvalue weighted by Gasteiger charge is -2.19. The Morgan fingerprint density at radius 1 is 1.38 bits per heavy atom. The van der Waals surface area contributed by atoms with Crippen molar-refractivity contribution in [2.45, 2.75) is 19.9 Å². The molecule has 0 atom stereocenters. The highest BCUT2D eigenvalue weighted by atomic mass is 16.4. The van der Waals surface area contributed by atoms with E-state index in [1.54, 1.807) is 24.4 Å². The normalized spacial score (nSPS) is 10.7. The number of aromatic nitrogens is 3. The molecule has 0 radical (unpaired) electrons. The Hall–Kier alpha value is -2.64. The molecule has 0 aromatic carbocycles. The lowest BCUT2D eigenvalue weighted by atomic mass is 10.3. The molecule has 2 aromatic rings. The predicted octanol–water partition coefficient (Wildman–Crippen LogP) is -0.181. The fourth-order valence-electron chi connectivity index (χ4n) is 2.02. The van der Waals surface area contributed by atoms with Crippen LogP contribution < -0.4 is 5.69 Å². The number of amides is 1. The molecule has 0 spiro atoms. The molecule has 2 aromatic heterocycles. The summed E-state index contributed by atoms with van der Waals surface area (Å²) in [6, 6.07) is 5.08. The Morgan fingerprint density at radius 2 is 2.14 bits per heavy atom. The van der Waals surface area contributed by atoms with Crippen LogP contribution in [0.2, 0.25) is 0 Å². The van der Waals surface area contributed by atoms with E-state index in [9.17, 15) is 14.4 Å². The Balaban J connectivity index is 2.21. The van der Waals surface area contributed by atoms with Gasteiger partial charge in [0.15, 0.2) is 5.65 Å². The molecule has 21 heavy (non-hydrogen) atoms. The molecule has 0 aliphatic rings. The molecule has 8 heteroatoms. The lowest BCUT2D eigenvalue weighted by molar-refractivity contribution is -0.144. The molecule has 0 aliphatic heterocycles. The highest BCUT2D eigenvalue weighted by molar-refractivity contribution is 5.81. The molecule has 0 bridgehead atoms. The van der Waals surface area contributed by atoms with Crippen molar-refractivity contribution in [1.82, 2.24) is 19.1 Å². The molecule has 0 unspecified atom stereocenters. The van der Waals surface area contributed by atoms with Crippen molar-refractivity contribution >= 4 is 17.5 Å². The van der Waals surface area contributed by atoms with Crippen LogP contribution in [0.5, 0.6) is 0 Å². The van der Waals surface area contributed by atoms with Gasteiger partial charge in [0, 0.05) is 12.7 Å². The fourth-order valence-corrected chi connectivity index (χ4v) is 2.02. The van der Waals surface area contributed by atoms with E-state index in [2.05, 4.69) is 5.10 Å². The molecular formula is C13H16N4O4. The zero-order chi connectivity index (χ0) is 15.4. The minimum absolute atomic E-state index is 0.270. The molecule has 112 valence electrons. The summed E-state index contributed by atoms with van der Waals surface area (Å²) in [5.74, 6) is -1.52. The number of fused-ring (bicyclic) bond motifs is 1. The summed E-state index contributed by atoms with van der Waals surface area (Å²) in [6.45, 7) is 1.52. The van der Waals surface area contributed by atoms with Gasteiger partial charge >= 0.3 is 11.7 Å². The maximum atomic E-state index is 12.1. The third kappa shape index (κ3) is 3.28. The molecule has 1 N–H and O–H groups in total. The summed E-state index contributed by atoms with van der Waals surface area (Å²) in [6.07, 6.45) is 2.20. The maximum absolute atomic E-state index is 12.1. The van der Waals surface area contributed by atoms with Crippen LogP contribution in [0, 0.1) is 0 Å². The van der Waals surface area contributed by atoms with Crippen LogP contribution in [0.15, 0.2) is 29.2 Å². The van der Waals surface area contributed by atoms with Gasteiger partial charge in [-0.15, -0.1) is 5.10 Å². The molecule has 0 fully saturated rings. The summed E-state index contributed by atoms with van der Waals surface area (Å²) in [5, 5.41) is 12.9. The minimum Gasteiger partial charge on any atom is -0.480 e. The van der Waals surface area contributed by atoms with Crippen LogP contribution in [-0.2, 0) is 16.1 Å². The fraction of sp³-hybridized carbons (Fsp3) is 0.385. The Kier molecular flexibility index (Phi) is 4.36. The standard InChI is InChI=1S/C13H16N4O4/c1-2-6-15(9-12(19)20)11(18)8-17-13(21)16-7-4-3-5-10(16)14-17/h3-5,7H,2,6,8-9H2,1H3,(H,19,20). The molecule has 0 saturated carbocycles. The zero-order valence-corrected chi connectivity index (χ0v) is 11.6. The Labute approximate surface area is 120 Å². The average Bonchev–Trinajstić information content (AvgIpc) is 2.75. The van der Waals surface area contributed by atoms with Crippen LogP contribution in [0.3, 0.4) is 0 Å². The molecule has 0 saturated heterocycles. The number of pyridine rings is 1. The first-order valence-corrected chi connectivity index (χ1v) is 6.56. The van der Waals surface area contributed by atoms with Crippen LogP contribution in [-0.4, -0.2) is 49.2 Å². The SMILES string of the molecule is CCCN(CC(=O)O)C(=O)Cn1nc2ccccn2c1=O. The first-order valence-electron chi connectivity index (χ1n) is 6.56. The van der Waals surface area contributed by atoms with Gasteiger partial charge in [-0.3, -0.25) is 14.0 Å². The minimum atomic E-state index is -1.08. The third-order valence-electron chi connectivity index (χ3n) is 2.95. The van der Waals surface area contributed by atoms with Crippen LogP contribution in [0.4, 0.5) is 0 Å². The molecule has 1 amide bonds. The third-order valence-corrected chi connectivity index (χ3v) is 2.95. The molecule has 0 aliphatic carbocycles. The first kappa shape index (κ1) is 14.8. The van der Waals surface area contributed by atoms with E-state index in [0.717, 1.165) is 4.68 Å². The van der Waals surface area contributed by atoms with E-state index in [0.29, 0.717) is 18.6 Å². The zero-order valence-electron chi connectivity index (χ0n) is 11.6. The highest BCUT2D eigenvalue weighted by Crippen LogP contribution is 1.98. The van der Waals surface area contributed by atoms with Crippen molar-refractivity contribution in [2.75, 3.05) is 13.1 Å². The topological polar surface area (TPSA) is 96.9 Å². The number of hydrogen-bond acceptors (Lipinski definition) is 4. The first-order chi connectivity index (χ1) is 10.0. The monoisotopic (exact) mass is 292 g/mol. The smallest absolute Gasteiger partial charge is 0.350 e. The maximum Gasteiger partial charge on any atom is 0.350 e. The van der Waals surface area contributed by atoms with Gasteiger partial charge in [-0.25, -0.2) is 9.48 Å². The van der Waals surface area contributed by atoms with E-state index in [-0.39, 0.29) is 13.1 Å². The van der Waals surface area contributed by atoms with Crippen molar-refractivity contribution in [2.24, 2.45) is 0 Å². The second-order valence-electron chi connectivity index (χ2n) is 4.58. The van der Waals surface area contributed by atoms with E-state index in [1.807, 2.05) is 6.92 Å². The summed E-state index contributed by atoms with van der Waals surface area (Å²) in [4.78, 5) is 36.1. The summed E-state index contributed by atoms with van der Waals surface area (Å²) >= 11 is 0. The van der Waals surface area contributed by atoms with Crippen molar-refractivity contribution in [3.63, 3.8) is 0 Å². The molecule has 2 rings (SSSR count). The Morgan fingerprint density at radius 3 is 2.76 bits per heavy atom. The summed E-state index contributed by atoms with van der Waals surface area (Å²) in [5.41, 5.74) is 0.0151. The number of carbonyl (C=O) groups is 2.